The largest absolute Gasteiger partial charge is 0.466 e. The predicted molar refractivity (Wildman–Crippen MR) is 82.3 cm³/mol. The summed E-state index contributed by atoms with van der Waals surface area (Å²) in [5, 5.41) is 12.9. The summed E-state index contributed by atoms with van der Waals surface area (Å²) in [6, 6.07) is 1.81. The number of amides is 1. The quantitative estimate of drug-likeness (QED) is 0.778. The molecule has 0 aliphatic carbocycles. The Morgan fingerprint density at radius 2 is 2.35 bits per heavy atom. The molecule has 0 N–H and O–H groups in total. The van der Waals surface area contributed by atoms with Gasteiger partial charge in [0.2, 0.25) is 0 Å². The number of rotatable bonds is 4. The second-order valence-electron chi connectivity index (χ2n) is 5.23. The Hall–Kier alpha value is -2.29. The van der Waals surface area contributed by atoms with Gasteiger partial charge in [-0.1, -0.05) is 0 Å². The third-order valence-electron chi connectivity index (χ3n) is 3.76. The van der Waals surface area contributed by atoms with Crippen LogP contribution in [-0.4, -0.2) is 56.7 Å². The summed E-state index contributed by atoms with van der Waals surface area (Å²) in [5.74, 6) is -0.569. The molecule has 0 spiro atoms. The number of esters is 1. The predicted octanol–water partition coefficient (Wildman–Crippen LogP) is 1.14. The SMILES string of the molecule is CCOC(=O)[C@@H]1CCCN(C(=O)c2sccc2-n2cnnn2)C1. The van der Waals surface area contributed by atoms with E-state index in [2.05, 4.69) is 15.5 Å². The van der Waals surface area contributed by atoms with Crippen molar-refractivity contribution in [3.8, 4) is 5.69 Å². The number of hydrogen-bond donors (Lipinski definition) is 0. The minimum atomic E-state index is -0.246. The summed E-state index contributed by atoms with van der Waals surface area (Å²) in [4.78, 5) is 27.0. The highest BCUT2D eigenvalue weighted by molar-refractivity contribution is 7.12. The molecule has 0 unspecified atom stereocenters. The summed E-state index contributed by atoms with van der Waals surface area (Å²) in [6.07, 6.45) is 3.00. The molecule has 2 aromatic heterocycles. The van der Waals surface area contributed by atoms with Crippen molar-refractivity contribution in [3.63, 3.8) is 0 Å². The summed E-state index contributed by atoms with van der Waals surface area (Å²) < 4.78 is 6.55. The maximum absolute atomic E-state index is 12.8. The lowest BCUT2D eigenvalue weighted by atomic mass is 9.98. The van der Waals surface area contributed by atoms with Crippen molar-refractivity contribution in [1.82, 2.24) is 25.1 Å². The van der Waals surface area contributed by atoms with E-state index in [-0.39, 0.29) is 17.8 Å². The number of nitrogens with zero attached hydrogens (tertiary/aromatic N) is 5. The zero-order valence-corrected chi connectivity index (χ0v) is 13.5. The van der Waals surface area contributed by atoms with Crippen LogP contribution in [0.3, 0.4) is 0 Å². The molecule has 0 radical (unpaired) electrons. The molecular weight excluding hydrogens is 318 g/mol. The van der Waals surface area contributed by atoms with Gasteiger partial charge in [-0.25, -0.2) is 0 Å². The minimum Gasteiger partial charge on any atom is -0.466 e. The first kappa shape index (κ1) is 15.6. The average molecular weight is 335 g/mol. The first-order valence-corrected chi connectivity index (χ1v) is 8.35. The van der Waals surface area contributed by atoms with Crippen LogP contribution in [0.25, 0.3) is 5.69 Å². The van der Waals surface area contributed by atoms with E-state index >= 15 is 0 Å². The van der Waals surface area contributed by atoms with Gasteiger partial charge in [0.05, 0.1) is 18.2 Å². The van der Waals surface area contributed by atoms with E-state index in [0.29, 0.717) is 30.3 Å². The Balaban J connectivity index is 1.76. The maximum atomic E-state index is 12.8. The average Bonchev–Trinajstić information content (AvgIpc) is 3.25. The van der Waals surface area contributed by atoms with Gasteiger partial charge in [0, 0.05) is 13.1 Å². The van der Waals surface area contributed by atoms with Crippen molar-refractivity contribution in [3.05, 3.63) is 22.7 Å². The zero-order chi connectivity index (χ0) is 16.2. The molecule has 0 aromatic carbocycles. The van der Waals surface area contributed by atoms with Gasteiger partial charge >= 0.3 is 5.97 Å². The summed E-state index contributed by atoms with van der Waals surface area (Å²) in [5.41, 5.74) is 0.656. The first-order valence-electron chi connectivity index (χ1n) is 7.47. The second-order valence-corrected chi connectivity index (χ2v) is 6.15. The van der Waals surface area contributed by atoms with Crippen LogP contribution in [0.1, 0.15) is 29.4 Å². The summed E-state index contributed by atoms with van der Waals surface area (Å²) in [7, 11) is 0. The molecule has 0 bridgehead atoms. The van der Waals surface area contributed by atoms with Crippen LogP contribution in [0.2, 0.25) is 0 Å². The van der Waals surface area contributed by atoms with Gasteiger partial charge < -0.3 is 9.64 Å². The summed E-state index contributed by atoms with van der Waals surface area (Å²) >= 11 is 1.35. The van der Waals surface area contributed by atoms with Gasteiger partial charge in [-0.05, 0) is 41.6 Å². The van der Waals surface area contributed by atoms with Gasteiger partial charge in [0.15, 0.2) is 0 Å². The van der Waals surface area contributed by atoms with E-state index < -0.39 is 0 Å². The van der Waals surface area contributed by atoms with Crippen LogP contribution >= 0.6 is 11.3 Å². The normalized spacial score (nSPS) is 18.0. The molecule has 23 heavy (non-hydrogen) atoms. The molecule has 1 aliphatic heterocycles. The monoisotopic (exact) mass is 335 g/mol. The number of carbonyl (C=O) groups is 2. The highest BCUT2D eigenvalue weighted by Crippen LogP contribution is 2.25. The zero-order valence-electron chi connectivity index (χ0n) is 12.7. The van der Waals surface area contributed by atoms with Gasteiger partial charge in [-0.3, -0.25) is 9.59 Å². The Morgan fingerprint density at radius 3 is 3.09 bits per heavy atom. The highest BCUT2D eigenvalue weighted by Gasteiger charge is 2.31. The lowest BCUT2D eigenvalue weighted by Crippen LogP contribution is -2.42. The Morgan fingerprint density at radius 1 is 1.48 bits per heavy atom. The lowest BCUT2D eigenvalue weighted by Gasteiger charge is -2.31. The van der Waals surface area contributed by atoms with Crippen molar-refractivity contribution in [2.24, 2.45) is 5.92 Å². The molecule has 3 rings (SSSR count). The Bertz CT molecular complexity index is 684. The third kappa shape index (κ3) is 3.24. The van der Waals surface area contributed by atoms with Crippen molar-refractivity contribution in [2.45, 2.75) is 19.8 Å². The molecule has 1 amide bonds. The second kappa shape index (κ2) is 6.86. The van der Waals surface area contributed by atoms with Gasteiger partial charge in [0.25, 0.3) is 5.91 Å². The van der Waals surface area contributed by atoms with Crippen LogP contribution in [0.4, 0.5) is 0 Å². The van der Waals surface area contributed by atoms with Crippen molar-refractivity contribution in [2.75, 3.05) is 19.7 Å². The van der Waals surface area contributed by atoms with Crippen molar-refractivity contribution >= 4 is 23.2 Å². The van der Waals surface area contributed by atoms with Crippen LogP contribution in [-0.2, 0) is 9.53 Å². The number of carbonyl (C=O) groups excluding carboxylic acids is 2. The van der Waals surface area contributed by atoms with E-state index in [1.807, 2.05) is 5.38 Å². The van der Waals surface area contributed by atoms with E-state index in [1.54, 1.807) is 17.9 Å². The topological polar surface area (TPSA) is 90.2 Å². The molecule has 3 heterocycles. The van der Waals surface area contributed by atoms with E-state index in [0.717, 1.165) is 12.8 Å². The number of aromatic nitrogens is 4. The van der Waals surface area contributed by atoms with E-state index in [1.165, 1.54) is 22.3 Å². The number of thiophene rings is 1. The molecule has 0 saturated carbocycles. The summed E-state index contributed by atoms with van der Waals surface area (Å²) in [6.45, 7) is 3.18. The fraction of sp³-hybridized carbons (Fsp3) is 0.500. The van der Waals surface area contributed by atoms with Gasteiger partial charge in [-0.2, -0.15) is 4.68 Å². The fourth-order valence-corrected chi connectivity index (χ4v) is 3.52. The fourth-order valence-electron chi connectivity index (χ4n) is 2.67. The first-order chi connectivity index (χ1) is 11.2. The third-order valence-corrected chi connectivity index (χ3v) is 4.65. The lowest BCUT2D eigenvalue weighted by molar-refractivity contribution is -0.149. The molecule has 8 nitrogen and oxygen atoms in total. The molecule has 1 aliphatic rings. The van der Waals surface area contributed by atoms with Gasteiger partial charge in [-0.15, -0.1) is 16.4 Å². The molecule has 9 heteroatoms. The number of piperidine rings is 1. The molecular formula is C14H17N5O3S. The smallest absolute Gasteiger partial charge is 0.310 e. The standard InChI is InChI=1S/C14H17N5O3S/c1-2-22-14(21)10-4-3-6-18(8-10)13(20)12-11(5-7-23-12)19-9-15-16-17-19/h5,7,9-10H,2-4,6,8H2,1H3/t10-/m1/s1. The van der Waals surface area contributed by atoms with Crippen LogP contribution < -0.4 is 0 Å². The number of ether oxygens (including phenoxy) is 1. The molecule has 122 valence electrons. The molecule has 2 aromatic rings. The maximum Gasteiger partial charge on any atom is 0.310 e. The van der Waals surface area contributed by atoms with Crippen molar-refractivity contribution in [1.29, 1.82) is 0 Å². The Kier molecular flexibility index (Phi) is 4.65. The highest BCUT2D eigenvalue weighted by atomic mass is 32.1. The molecule has 1 atom stereocenters. The Labute approximate surface area is 137 Å². The van der Waals surface area contributed by atoms with Crippen molar-refractivity contribution < 1.29 is 14.3 Å². The van der Waals surface area contributed by atoms with Crippen LogP contribution in [0.15, 0.2) is 17.8 Å². The van der Waals surface area contributed by atoms with Gasteiger partial charge in [0.1, 0.15) is 11.2 Å². The number of hydrogen-bond acceptors (Lipinski definition) is 7. The minimum absolute atomic E-state index is 0.0977. The molecule has 1 saturated heterocycles. The van der Waals surface area contributed by atoms with Crippen LogP contribution in [0.5, 0.6) is 0 Å². The van der Waals surface area contributed by atoms with E-state index in [9.17, 15) is 9.59 Å². The molecule has 1 fully saturated rings. The van der Waals surface area contributed by atoms with Crippen LogP contribution in [0, 0.1) is 5.92 Å². The number of likely N-dealkylation sites (tertiary alicyclic amines) is 1. The number of tetrazole rings is 1. The van der Waals surface area contributed by atoms with E-state index in [4.69, 9.17) is 4.74 Å².